The Morgan fingerprint density at radius 1 is 0.863 bits per heavy atom. The normalized spacial score (nSPS) is 10.8. The van der Waals surface area contributed by atoms with Crippen LogP contribution < -0.4 is 30.2 Å². The summed E-state index contributed by atoms with van der Waals surface area (Å²) in [6, 6.07) is 28.9. The summed E-state index contributed by atoms with van der Waals surface area (Å²) in [7, 11) is 4.46. The molecule has 0 bridgehead atoms. The van der Waals surface area contributed by atoms with Crippen molar-refractivity contribution in [2.45, 2.75) is 11.8 Å². The summed E-state index contributed by atoms with van der Waals surface area (Å²) >= 11 is 2.58. The fourth-order valence-electron chi connectivity index (χ4n) is 4.97. The lowest BCUT2D eigenvalue weighted by atomic mass is 10.0. The minimum Gasteiger partial charge on any atom is -0.493 e. The molecule has 12 heteroatoms. The van der Waals surface area contributed by atoms with E-state index in [2.05, 4.69) is 22.0 Å². The number of rotatable bonds is 13. The van der Waals surface area contributed by atoms with Crippen molar-refractivity contribution < 1.29 is 28.6 Å². The van der Waals surface area contributed by atoms with Gasteiger partial charge in [-0.05, 0) is 66.6 Å². The van der Waals surface area contributed by atoms with Gasteiger partial charge in [0.1, 0.15) is 16.8 Å². The lowest BCUT2D eigenvalue weighted by molar-refractivity contribution is -0.114. The first kappa shape index (κ1) is 36.3. The van der Waals surface area contributed by atoms with Crippen LogP contribution >= 0.6 is 23.1 Å². The lowest BCUT2D eigenvalue weighted by Gasteiger charge is -2.15. The highest BCUT2D eigenvalue weighted by Gasteiger charge is 2.19. The van der Waals surface area contributed by atoms with Gasteiger partial charge in [-0.25, -0.2) is 0 Å². The van der Waals surface area contributed by atoms with Crippen LogP contribution in [0, 0.1) is 18.3 Å². The Morgan fingerprint density at radius 2 is 1.57 bits per heavy atom. The Bertz CT molecular complexity index is 2100. The van der Waals surface area contributed by atoms with Crippen molar-refractivity contribution in [2.24, 2.45) is 0 Å². The van der Waals surface area contributed by atoms with Crippen LogP contribution in [0.5, 0.6) is 17.2 Å². The maximum Gasteiger partial charge on any atom is 0.272 e. The standard InChI is InChI=1S/C39H34N4O6S2/c1-24-13-15-26(16-14-24)31-22-51-39(30(31)21-40)43-35(44)23-50-29-12-8-11-28(20-29)41-38(46)32(42-37(45)27-9-6-5-7-10-27)17-25-18-33(47-2)36(49-4)34(19-25)48-3/h5-20,22H,23H2,1-4H3,(H,41,46)(H,42,45)(H,43,44)/b32-17+. The summed E-state index contributed by atoms with van der Waals surface area (Å²) < 4.78 is 16.3. The summed E-state index contributed by atoms with van der Waals surface area (Å²) in [6.45, 7) is 2.00. The van der Waals surface area contributed by atoms with Gasteiger partial charge in [-0.3, -0.25) is 14.4 Å². The minimum atomic E-state index is -0.584. The molecule has 1 aromatic heterocycles. The average molecular weight is 719 g/mol. The zero-order chi connectivity index (χ0) is 36.3. The number of hydrogen-bond donors (Lipinski definition) is 3. The number of hydrogen-bond acceptors (Lipinski definition) is 9. The number of ether oxygens (including phenoxy) is 3. The third-order valence-corrected chi connectivity index (χ3v) is 9.40. The van der Waals surface area contributed by atoms with Gasteiger partial charge in [0, 0.05) is 27.1 Å². The van der Waals surface area contributed by atoms with E-state index in [1.807, 2.05) is 42.6 Å². The number of nitriles is 1. The van der Waals surface area contributed by atoms with Gasteiger partial charge in [0.15, 0.2) is 11.5 Å². The van der Waals surface area contributed by atoms with Gasteiger partial charge < -0.3 is 30.2 Å². The van der Waals surface area contributed by atoms with Crippen molar-refractivity contribution in [1.82, 2.24) is 5.32 Å². The van der Waals surface area contributed by atoms with Gasteiger partial charge in [0.25, 0.3) is 11.8 Å². The topological polar surface area (TPSA) is 139 Å². The van der Waals surface area contributed by atoms with Crippen LogP contribution in [-0.4, -0.2) is 44.8 Å². The van der Waals surface area contributed by atoms with Crippen LogP contribution in [0.4, 0.5) is 10.7 Å². The van der Waals surface area contributed by atoms with Crippen molar-refractivity contribution >= 4 is 57.6 Å². The number of thioether (sulfide) groups is 1. The summed E-state index contributed by atoms with van der Waals surface area (Å²) in [6.07, 6.45) is 1.51. The van der Waals surface area contributed by atoms with Gasteiger partial charge in [-0.15, -0.1) is 23.1 Å². The van der Waals surface area contributed by atoms with E-state index in [0.717, 1.165) is 21.6 Å². The first-order valence-corrected chi connectivity index (χ1v) is 17.4. The summed E-state index contributed by atoms with van der Waals surface area (Å²) in [5, 5.41) is 20.6. The summed E-state index contributed by atoms with van der Waals surface area (Å²) in [4.78, 5) is 40.5. The monoisotopic (exact) mass is 718 g/mol. The molecule has 10 nitrogen and oxygen atoms in total. The van der Waals surface area contributed by atoms with Crippen LogP contribution in [0.25, 0.3) is 17.2 Å². The number of nitrogens with one attached hydrogen (secondary N) is 3. The molecule has 5 rings (SSSR count). The fourth-order valence-corrected chi connectivity index (χ4v) is 6.66. The average Bonchev–Trinajstić information content (AvgIpc) is 3.56. The number of anilines is 2. The number of thiophene rings is 1. The molecule has 0 aliphatic carbocycles. The Labute approximate surface area is 304 Å². The van der Waals surface area contributed by atoms with Crippen molar-refractivity contribution in [3.05, 3.63) is 124 Å². The third-order valence-electron chi connectivity index (χ3n) is 7.51. The number of amides is 3. The largest absolute Gasteiger partial charge is 0.493 e. The Balaban J connectivity index is 1.31. The number of nitrogens with zero attached hydrogens (tertiary/aromatic N) is 1. The molecular formula is C39H34N4O6S2. The number of aryl methyl sites for hydroxylation is 1. The first-order valence-electron chi connectivity index (χ1n) is 15.5. The van der Waals surface area contributed by atoms with E-state index in [4.69, 9.17) is 14.2 Å². The van der Waals surface area contributed by atoms with Gasteiger partial charge in [-0.2, -0.15) is 5.26 Å². The molecule has 0 aliphatic heterocycles. The molecule has 3 amide bonds. The SMILES string of the molecule is COc1cc(/C=C(/NC(=O)c2ccccc2)C(=O)Nc2cccc(SCC(=O)Nc3scc(-c4ccc(C)cc4)c3C#N)c2)cc(OC)c1OC. The second-order valence-corrected chi connectivity index (χ2v) is 12.9. The number of carbonyl (C=O) groups excluding carboxylic acids is 3. The molecule has 0 atom stereocenters. The first-order chi connectivity index (χ1) is 24.7. The summed E-state index contributed by atoms with van der Waals surface area (Å²) in [5.41, 5.74) is 4.50. The van der Waals surface area contributed by atoms with Gasteiger partial charge in [0.2, 0.25) is 11.7 Å². The zero-order valence-corrected chi connectivity index (χ0v) is 29.9. The number of methoxy groups -OCH3 is 3. The van der Waals surface area contributed by atoms with Gasteiger partial charge in [0.05, 0.1) is 32.6 Å². The van der Waals surface area contributed by atoms with E-state index in [1.165, 1.54) is 50.5 Å². The van der Waals surface area contributed by atoms with E-state index < -0.39 is 11.8 Å². The van der Waals surface area contributed by atoms with Crippen LogP contribution in [-0.2, 0) is 9.59 Å². The smallest absolute Gasteiger partial charge is 0.272 e. The molecule has 0 spiro atoms. The van der Waals surface area contributed by atoms with Crippen molar-refractivity contribution in [2.75, 3.05) is 37.7 Å². The van der Waals surface area contributed by atoms with Crippen LogP contribution in [0.1, 0.15) is 27.0 Å². The van der Waals surface area contributed by atoms with Crippen LogP contribution in [0.3, 0.4) is 0 Å². The Kier molecular flexibility index (Phi) is 12.1. The molecule has 4 aromatic carbocycles. The van der Waals surface area contributed by atoms with Crippen LogP contribution in [0.2, 0.25) is 0 Å². The molecule has 51 heavy (non-hydrogen) atoms. The quantitative estimate of drug-likeness (QED) is 0.0830. The predicted molar refractivity (Wildman–Crippen MR) is 202 cm³/mol. The van der Waals surface area contributed by atoms with Crippen molar-refractivity contribution in [1.29, 1.82) is 5.26 Å². The van der Waals surface area contributed by atoms with E-state index in [9.17, 15) is 19.6 Å². The van der Waals surface area contributed by atoms with E-state index in [1.54, 1.807) is 60.7 Å². The second-order valence-electron chi connectivity index (χ2n) is 11.0. The number of benzene rings is 4. The predicted octanol–water partition coefficient (Wildman–Crippen LogP) is 7.76. The van der Waals surface area contributed by atoms with E-state index >= 15 is 0 Å². The zero-order valence-electron chi connectivity index (χ0n) is 28.2. The summed E-state index contributed by atoms with van der Waals surface area (Å²) in [5.74, 6) is -0.134. The molecule has 5 aromatic rings. The molecule has 3 N–H and O–H groups in total. The molecule has 258 valence electrons. The maximum atomic E-state index is 13.7. The molecule has 0 saturated carbocycles. The molecule has 1 heterocycles. The molecule has 0 radical (unpaired) electrons. The van der Waals surface area contributed by atoms with E-state index in [0.29, 0.717) is 44.6 Å². The van der Waals surface area contributed by atoms with Gasteiger partial charge in [-0.1, -0.05) is 54.1 Å². The molecule has 0 fully saturated rings. The fraction of sp³-hybridized carbons (Fsp3) is 0.128. The molecule has 0 aliphatic rings. The third kappa shape index (κ3) is 9.16. The highest BCUT2D eigenvalue weighted by molar-refractivity contribution is 8.00. The van der Waals surface area contributed by atoms with Crippen molar-refractivity contribution in [3.8, 4) is 34.4 Å². The molecule has 0 saturated heterocycles. The van der Waals surface area contributed by atoms with Crippen LogP contribution in [0.15, 0.2) is 107 Å². The molecular weight excluding hydrogens is 685 g/mol. The van der Waals surface area contributed by atoms with Crippen molar-refractivity contribution in [3.63, 3.8) is 0 Å². The Morgan fingerprint density at radius 3 is 2.22 bits per heavy atom. The second kappa shape index (κ2) is 17.1. The lowest BCUT2D eigenvalue weighted by Crippen LogP contribution is -2.30. The maximum absolute atomic E-state index is 13.7. The van der Waals surface area contributed by atoms with E-state index in [-0.39, 0.29) is 17.4 Å². The highest BCUT2D eigenvalue weighted by Crippen LogP contribution is 2.39. The Hall–Kier alpha value is -6.03. The number of carbonyl (C=O) groups is 3. The highest BCUT2D eigenvalue weighted by atomic mass is 32.2. The minimum absolute atomic E-state index is 0.0372. The van der Waals surface area contributed by atoms with Gasteiger partial charge >= 0.3 is 0 Å². The molecule has 0 unspecified atom stereocenters.